The summed E-state index contributed by atoms with van der Waals surface area (Å²) in [5, 5.41) is 3.23. The van der Waals surface area contributed by atoms with Crippen LogP contribution < -0.4 is 20.5 Å². The molecule has 0 saturated carbocycles. The molecular formula is C17H25N5O3. The molecule has 8 nitrogen and oxygen atoms in total. The Morgan fingerprint density at radius 2 is 1.76 bits per heavy atom. The van der Waals surface area contributed by atoms with E-state index in [4.69, 9.17) is 19.9 Å². The van der Waals surface area contributed by atoms with Gasteiger partial charge in [-0.05, 0) is 31.0 Å². The average molecular weight is 347 g/mol. The summed E-state index contributed by atoms with van der Waals surface area (Å²) in [4.78, 5) is 12.3. The number of nitrogens with one attached hydrogen (secondary N) is 1. The van der Waals surface area contributed by atoms with Crippen LogP contribution in [0.2, 0.25) is 0 Å². The van der Waals surface area contributed by atoms with E-state index in [1.165, 1.54) is 0 Å². The first-order valence-electron chi connectivity index (χ1n) is 8.08. The normalized spacial score (nSPS) is 11.8. The molecule has 0 spiro atoms. The molecule has 0 amide bonds. The number of ether oxygens (including phenoxy) is 3. The van der Waals surface area contributed by atoms with Crippen LogP contribution in [0.5, 0.6) is 11.5 Å². The summed E-state index contributed by atoms with van der Waals surface area (Å²) in [5.41, 5.74) is 6.63. The summed E-state index contributed by atoms with van der Waals surface area (Å²) in [5.74, 6) is 2.71. The van der Waals surface area contributed by atoms with Gasteiger partial charge in [0.1, 0.15) is 17.3 Å². The first-order valence-corrected chi connectivity index (χ1v) is 8.08. The summed E-state index contributed by atoms with van der Waals surface area (Å²) >= 11 is 0. The van der Waals surface area contributed by atoms with E-state index in [-0.39, 0.29) is 12.0 Å². The van der Waals surface area contributed by atoms with Crippen molar-refractivity contribution in [3.63, 3.8) is 0 Å². The first-order chi connectivity index (χ1) is 12.0. The monoisotopic (exact) mass is 347 g/mol. The van der Waals surface area contributed by atoms with Gasteiger partial charge in [0.15, 0.2) is 0 Å². The molecule has 0 aliphatic rings. The molecule has 0 aliphatic heterocycles. The van der Waals surface area contributed by atoms with E-state index in [0.29, 0.717) is 25.0 Å². The van der Waals surface area contributed by atoms with Gasteiger partial charge in [0.2, 0.25) is 11.9 Å². The van der Waals surface area contributed by atoms with Crippen molar-refractivity contribution in [2.24, 2.45) is 0 Å². The van der Waals surface area contributed by atoms with Crippen LogP contribution in [0, 0.1) is 6.92 Å². The summed E-state index contributed by atoms with van der Waals surface area (Å²) < 4.78 is 16.4. The summed E-state index contributed by atoms with van der Waals surface area (Å²) in [6, 6.07) is 5.74. The molecule has 1 unspecified atom stereocenters. The van der Waals surface area contributed by atoms with E-state index in [9.17, 15) is 0 Å². The Morgan fingerprint density at radius 1 is 1.08 bits per heavy atom. The van der Waals surface area contributed by atoms with Crippen molar-refractivity contribution in [1.29, 1.82) is 0 Å². The fraction of sp³-hybridized carbons (Fsp3) is 0.471. The number of nitrogens with two attached hydrogens (primary N) is 1. The molecule has 2 aromatic rings. The largest absolute Gasteiger partial charge is 0.497 e. The van der Waals surface area contributed by atoms with E-state index in [1.807, 2.05) is 18.2 Å². The Balaban J connectivity index is 1.92. The highest BCUT2D eigenvalue weighted by Gasteiger charge is 2.10. The van der Waals surface area contributed by atoms with Crippen molar-refractivity contribution in [3.8, 4) is 11.5 Å². The molecule has 136 valence electrons. The molecule has 1 aromatic heterocycles. The van der Waals surface area contributed by atoms with E-state index >= 15 is 0 Å². The highest BCUT2D eigenvalue weighted by atomic mass is 16.5. The minimum Gasteiger partial charge on any atom is -0.497 e. The van der Waals surface area contributed by atoms with E-state index < -0.39 is 0 Å². The number of hydrogen-bond acceptors (Lipinski definition) is 8. The summed E-state index contributed by atoms with van der Waals surface area (Å²) in [6.45, 7) is 4.79. The molecule has 8 heteroatoms. The summed E-state index contributed by atoms with van der Waals surface area (Å²) in [7, 11) is 3.25. The second kappa shape index (κ2) is 9.03. The lowest BCUT2D eigenvalue weighted by atomic mass is 10.2. The predicted octanol–water partition coefficient (Wildman–Crippen LogP) is 2.19. The third-order valence-corrected chi connectivity index (χ3v) is 3.59. The van der Waals surface area contributed by atoms with Gasteiger partial charge in [-0.2, -0.15) is 15.0 Å². The van der Waals surface area contributed by atoms with Crippen LogP contribution in [0.25, 0.3) is 0 Å². The third-order valence-electron chi connectivity index (χ3n) is 3.59. The number of hydrogen-bond donors (Lipinski definition) is 2. The van der Waals surface area contributed by atoms with Gasteiger partial charge in [-0.1, -0.05) is 6.92 Å². The third kappa shape index (κ3) is 5.75. The van der Waals surface area contributed by atoms with E-state index in [1.54, 1.807) is 21.1 Å². The van der Waals surface area contributed by atoms with Crippen LogP contribution in [0.3, 0.4) is 0 Å². The maximum absolute atomic E-state index is 5.83. The molecule has 1 atom stereocenters. The maximum Gasteiger partial charge on any atom is 0.228 e. The van der Waals surface area contributed by atoms with Gasteiger partial charge < -0.3 is 25.3 Å². The van der Waals surface area contributed by atoms with E-state index in [2.05, 4.69) is 27.2 Å². The predicted molar refractivity (Wildman–Crippen MR) is 95.9 cm³/mol. The van der Waals surface area contributed by atoms with Crippen molar-refractivity contribution in [2.45, 2.75) is 32.9 Å². The van der Waals surface area contributed by atoms with Crippen molar-refractivity contribution in [2.75, 3.05) is 31.9 Å². The first kappa shape index (κ1) is 18.7. The molecule has 25 heavy (non-hydrogen) atoms. The van der Waals surface area contributed by atoms with Crippen LogP contribution in [-0.4, -0.2) is 41.8 Å². The van der Waals surface area contributed by atoms with Gasteiger partial charge >= 0.3 is 0 Å². The molecule has 0 bridgehead atoms. The Hall–Kier alpha value is -2.61. The number of rotatable bonds is 9. The van der Waals surface area contributed by atoms with Crippen molar-refractivity contribution >= 4 is 11.9 Å². The van der Waals surface area contributed by atoms with Gasteiger partial charge in [0.05, 0.1) is 33.5 Å². The lowest BCUT2D eigenvalue weighted by molar-refractivity contribution is 0.110. The number of aromatic nitrogens is 3. The van der Waals surface area contributed by atoms with Gasteiger partial charge in [-0.25, -0.2) is 0 Å². The highest BCUT2D eigenvalue weighted by Crippen LogP contribution is 2.23. The highest BCUT2D eigenvalue weighted by molar-refractivity contribution is 5.38. The smallest absolute Gasteiger partial charge is 0.228 e. The Bertz CT molecular complexity index is 653. The van der Waals surface area contributed by atoms with Crippen molar-refractivity contribution in [3.05, 3.63) is 29.6 Å². The van der Waals surface area contributed by atoms with Crippen LogP contribution in [0.15, 0.2) is 18.2 Å². The minimum absolute atomic E-state index is 0.0636. The topological polar surface area (TPSA) is 104 Å². The zero-order valence-electron chi connectivity index (χ0n) is 15.1. The van der Waals surface area contributed by atoms with Crippen molar-refractivity contribution in [1.82, 2.24) is 15.0 Å². The lowest BCUT2D eigenvalue weighted by Crippen LogP contribution is -2.26. The van der Waals surface area contributed by atoms with Gasteiger partial charge in [0.25, 0.3) is 0 Å². The number of nitrogen functional groups attached to an aromatic ring is 1. The quantitative estimate of drug-likeness (QED) is 0.711. The number of nitrogens with zero attached hydrogens (tertiary/aromatic N) is 3. The van der Waals surface area contributed by atoms with E-state index in [0.717, 1.165) is 23.5 Å². The minimum atomic E-state index is 0.0636. The van der Waals surface area contributed by atoms with Gasteiger partial charge in [-0.15, -0.1) is 0 Å². The van der Waals surface area contributed by atoms with Gasteiger partial charge in [0, 0.05) is 6.07 Å². The molecule has 2 rings (SSSR count). The number of anilines is 2. The van der Waals surface area contributed by atoms with Crippen LogP contribution in [0.4, 0.5) is 11.9 Å². The molecule has 1 aromatic carbocycles. The van der Waals surface area contributed by atoms with Crippen LogP contribution in [0.1, 0.15) is 24.7 Å². The SMILES string of the molecule is CCC(COCc1cc(OC)cc(OC)c1)Nc1nc(C)nc(N)n1. The fourth-order valence-corrected chi connectivity index (χ4v) is 2.28. The van der Waals surface area contributed by atoms with Crippen molar-refractivity contribution < 1.29 is 14.2 Å². The molecule has 0 aliphatic carbocycles. The van der Waals surface area contributed by atoms with Crippen LogP contribution in [-0.2, 0) is 11.3 Å². The lowest BCUT2D eigenvalue weighted by Gasteiger charge is -2.17. The molecular weight excluding hydrogens is 322 g/mol. The van der Waals surface area contributed by atoms with Crippen LogP contribution >= 0.6 is 0 Å². The molecule has 0 saturated heterocycles. The molecule has 0 radical (unpaired) electrons. The average Bonchev–Trinajstić information content (AvgIpc) is 2.59. The second-order valence-corrected chi connectivity index (χ2v) is 5.55. The fourth-order valence-electron chi connectivity index (χ4n) is 2.28. The standard InChI is InChI=1S/C17H25N5O3/c1-5-13(21-17-20-11(2)19-16(18)22-17)10-25-9-12-6-14(23-3)8-15(7-12)24-4/h6-8,13H,5,9-10H2,1-4H3,(H3,18,19,20,21,22). The zero-order chi connectivity index (χ0) is 18.2. The Morgan fingerprint density at radius 3 is 2.32 bits per heavy atom. The molecule has 0 fully saturated rings. The van der Waals surface area contributed by atoms with Gasteiger partial charge in [-0.3, -0.25) is 0 Å². The second-order valence-electron chi connectivity index (χ2n) is 5.55. The number of benzene rings is 1. The zero-order valence-corrected chi connectivity index (χ0v) is 15.1. The maximum atomic E-state index is 5.83. The molecule has 1 heterocycles. The Kier molecular flexibility index (Phi) is 6.76. The number of aryl methyl sites for hydroxylation is 1. The summed E-state index contributed by atoms with van der Waals surface area (Å²) in [6.07, 6.45) is 0.853. The molecule has 3 N–H and O–H groups in total. The Labute approximate surface area is 147 Å². The number of methoxy groups -OCH3 is 2.